The van der Waals surface area contributed by atoms with Crippen LogP contribution in [0.4, 0.5) is 0 Å². The van der Waals surface area contributed by atoms with Gasteiger partial charge in [0.05, 0.1) is 37.5 Å². The van der Waals surface area contributed by atoms with Crippen LogP contribution in [-0.2, 0) is 14.3 Å². The van der Waals surface area contributed by atoms with Crippen LogP contribution in [0, 0.1) is 6.92 Å². The molecule has 1 atom stereocenters. The number of aliphatic hydroxyl groups excluding tert-OH is 1. The molecule has 2 aromatic carbocycles. The number of methoxy groups -OCH3 is 1. The number of amides is 1. The summed E-state index contributed by atoms with van der Waals surface area (Å²) >= 11 is 0. The molecule has 0 bridgehead atoms. The Bertz CT molecular complexity index is 1090. The molecule has 1 amide bonds. The van der Waals surface area contributed by atoms with Crippen molar-refractivity contribution < 1.29 is 29.3 Å². The summed E-state index contributed by atoms with van der Waals surface area (Å²) < 4.78 is 10.6. The van der Waals surface area contributed by atoms with Crippen molar-refractivity contribution in [2.75, 3.05) is 46.5 Å². The van der Waals surface area contributed by atoms with Gasteiger partial charge in [0.15, 0.2) is 0 Å². The van der Waals surface area contributed by atoms with Gasteiger partial charge in [0.25, 0.3) is 11.7 Å². The van der Waals surface area contributed by atoms with Gasteiger partial charge < -0.3 is 24.6 Å². The van der Waals surface area contributed by atoms with E-state index in [9.17, 15) is 19.8 Å². The number of morpholine rings is 1. The number of aliphatic hydroxyl groups is 1. The summed E-state index contributed by atoms with van der Waals surface area (Å²) in [4.78, 5) is 30.0. The van der Waals surface area contributed by atoms with Crippen LogP contribution in [0.25, 0.3) is 5.76 Å². The normalized spacial score (nSPS) is 20.6. The molecule has 180 valence electrons. The van der Waals surface area contributed by atoms with Gasteiger partial charge in [0, 0.05) is 26.2 Å². The SMILES string of the molecule is COc1ccc([C@@H]2C(=C(O)c3cc(C)ccc3O)C(=O)C(=O)N2CCCN2CCOCC2)cc1. The summed E-state index contributed by atoms with van der Waals surface area (Å²) in [7, 11) is 1.56. The van der Waals surface area contributed by atoms with Gasteiger partial charge in [-0.15, -0.1) is 0 Å². The first-order valence-corrected chi connectivity index (χ1v) is 11.4. The summed E-state index contributed by atoms with van der Waals surface area (Å²) in [6.45, 7) is 6.02. The van der Waals surface area contributed by atoms with Gasteiger partial charge in [0.2, 0.25) is 0 Å². The maximum atomic E-state index is 13.2. The number of aryl methyl sites for hydroxylation is 1. The number of carbonyl (C=O) groups excluding carboxylic acids is 2. The van der Waals surface area contributed by atoms with E-state index in [0.717, 1.165) is 25.2 Å². The predicted molar refractivity (Wildman–Crippen MR) is 127 cm³/mol. The Kier molecular flexibility index (Phi) is 7.19. The van der Waals surface area contributed by atoms with Gasteiger partial charge in [0.1, 0.15) is 17.3 Å². The minimum atomic E-state index is -0.768. The number of benzene rings is 2. The zero-order valence-electron chi connectivity index (χ0n) is 19.5. The number of nitrogens with zero attached hydrogens (tertiary/aromatic N) is 2. The number of hydrogen-bond acceptors (Lipinski definition) is 7. The number of ketones is 1. The fraction of sp³-hybridized carbons (Fsp3) is 0.385. The minimum Gasteiger partial charge on any atom is -0.507 e. The van der Waals surface area contributed by atoms with Crippen LogP contribution in [0.15, 0.2) is 48.0 Å². The summed E-state index contributed by atoms with van der Waals surface area (Å²) in [5.74, 6) is -1.31. The number of rotatable bonds is 7. The van der Waals surface area contributed by atoms with E-state index in [1.54, 1.807) is 43.5 Å². The lowest BCUT2D eigenvalue weighted by atomic mass is 9.94. The fourth-order valence-electron chi connectivity index (χ4n) is 4.52. The molecule has 0 spiro atoms. The molecule has 2 N–H and O–H groups in total. The van der Waals surface area contributed by atoms with Crippen molar-refractivity contribution in [1.29, 1.82) is 0 Å². The van der Waals surface area contributed by atoms with Crippen molar-refractivity contribution in [3.63, 3.8) is 0 Å². The van der Waals surface area contributed by atoms with Crippen molar-refractivity contribution in [2.24, 2.45) is 0 Å². The Morgan fingerprint density at radius 1 is 1.09 bits per heavy atom. The second-order valence-electron chi connectivity index (χ2n) is 8.59. The highest BCUT2D eigenvalue weighted by molar-refractivity contribution is 6.46. The summed E-state index contributed by atoms with van der Waals surface area (Å²) in [5, 5.41) is 21.5. The second-order valence-corrected chi connectivity index (χ2v) is 8.59. The summed E-state index contributed by atoms with van der Waals surface area (Å²) in [6, 6.07) is 11.1. The largest absolute Gasteiger partial charge is 0.507 e. The van der Waals surface area contributed by atoms with Crippen LogP contribution in [-0.4, -0.2) is 78.2 Å². The van der Waals surface area contributed by atoms with Crippen LogP contribution in [0.2, 0.25) is 0 Å². The van der Waals surface area contributed by atoms with E-state index >= 15 is 0 Å². The minimum absolute atomic E-state index is 0.0255. The Morgan fingerprint density at radius 2 is 1.79 bits per heavy atom. The third kappa shape index (κ3) is 4.78. The zero-order chi connectivity index (χ0) is 24.2. The van der Waals surface area contributed by atoms with Crippen LogP contribution in [0.3, 0.4) is 0 Å². The van der Waals surface area contributed by atoms with Crippen molar-refractivity contribution in [3.8, 4) is 11.5 Å². The molecular formula is C26H30N2O6. The molecule has 2 aromatic rings. The van der Waals surface area contributed by atoms with Crippen LogP contribution < -0.4 is 4.74 Å². The Hall–Kier alpha value is -3.36. The first kappa shape index (κ1) is 23.8. The fourth-order valence-corrected chi connectivity index (χ4v) is 4.52. The molecule has 0 radical (unpaired) electrons. The van der Waals surface area contributed by atoms with E-state index in [1.807, 2.05) is 6.92 Å². The van der Waals surface area contributed by atoms with Crippen LogP contribution >= 0.6 is 0 Å². The molecule has 2 aliphatic heterocycles. The number of carbonyl (C=O) groups is 2. The molecule has 8 nitrogen and oxygen atoms in total. The Balaban J connectivity index is 1.70. The van der Waals surface area contributed by atoms with E-state index in [2.05, 4.69) is 4.90 Å². The highest BCUT2D eigenvalue weighted by atomic mass is 16.5. The van der Waals surface area contributed by atoms with E-state index in [1.165, 1.54) is 11.0 Å². The molecule has 0 aromatic heterocycles. The van der Waals surface area contributed by atoms with E-state index in [4.69, 9.17) is 9.47 Å². The Morgan fingerprint density at radius 3 is 2.47 bits per heavy atom. The number of likely N-dealkylation sites (tertiary alicyclic amines) is 1. The van der Waals surface area contributed by atoms with Gasteiger partial charge in [-0.2, -0.15) is 0 Å². The van der Waals surface area contributed by atoms with Crippen molar-refractivity contribution in [3.05, 3.63) is 64.7 Å². The monoisotopic (exact) mass is 466 g/mol. The highest BCUT2D eigenvalue weighted by Crippen LogP contribution is 2.41. The van der Waals surface area contributed by atoms with Crippen LogP contribution in [0.5, 0.6) is 11.5 Å². The molecule has 2 saturated heterocycles. The number of ether oxygens (including phenoxy) is 2. The number of aromatic hydroxyl groups is 1. The van der Waals surface area contributed by atoms with E-state index in [0.29, 0.717) is 37.5 Å². The number of phenols is 1. The summed E-state index contributed by atoms with van der Waals surface area (Å²) in [5.41, 5.74) is 1.59. The lowest BCUT2D eigenvalue weighted by Gasteiger charge is -2.29. The standard InChI is InChI=1S/C26H30N2O6/c1-17-4-9-21(29)20(16-17)24(30)22-23(18-5-7-19(33-2)8-6-18)28(26(32)25(22)31)11-3-10-27-12-14-34-15-13-27/h4-9,16,23,29-30H,3,10-15H2,1-2H3/t23-/m1/s1. The van der Waals surface area contributed by atoms with Crippen molar-refractivity contribution in [2.45, 2.75) is 19.4 Å². The van der Waals surface area contributed by atoms with Crippen LogP contribution in [0.1, 0.15) is 29.2 Å². The average molecular weight is 467 g/mol. The molecule has 4 rings (SSSR count). The number of Topliss-reactive ketones (excluding diaryl/α,β-unsaturated/α-hetero) is 1. The van der Waals surface area contributed by atoms with Gasteiger partial charge >= 0.3 is 0 Å². The molecule has 8 heteroatoms. The number of hydrogen-bond donors (Lipinski definition) is 2. The third-order valence-electron chi connectivity index (χ3n) is 6.36. The maximum Gasteiger partial charge on any atom is 0.295 e. The highest BCUT2D eigenvalue weighted by Gasteiger charge is 2.46. The molecule has 0 aliphatic carbocycles. The van der Waals surface area contributed by atoms with E-state index in [-0.39, 0.29) is 22.6 Å². The Labute approximate surface area is 199 Å². The summed E-state index contributed by atoms with van der Waals surface area (Å²) in [6.07, 6.45) is 0.676. The lowest BCUT2D eigenvalue weighted by molar-refractivity contribution is -0.140. The van der Waals surface area contributed by atoms with Crippen molar-refractivity contribution >= 4 is 17.4 Å². The van der Waals surface area contributed by atoms with Gasteiger partial charge in [-0.05, 0) is 43.2 Å². The zero-order valence-corrected chi connectivity index (χ0v) is 19.5. The third-order valence-corrected chi connectivity index (χ3v) is 6.36. The molecule has 0 unspecified atom stereocenters. The molecule has 34 heavy (non-hydrogen) atoms. The molecule has 2 fully saturated rings. The molecular weight excluding hydrogens is 436 g/mol. The maximum absolute atomic E-state index is 13.2. The predicted octanol–water partition coefficient (Wildman–Crippen LogP) is 2.85. The first-order valence-electron chi connectivity index (χ1n) is 11.4. The molecule has 0 saturated carbocycles. The van der Waals surface area contributed by atoms with Gasteiger partial charge in [-0.3, -0.25) is 14.5 Å². The first-order chi connectivity index (χ1) is 16.4. The second kappa shape index (κ2) is 10.3. The topological polar surface area (TPSA) is 99.5 Å². The van der Waals surface area contributed by atoms with Crippen molar-refractivity contribution in [1.82, 2.24) is 9.80 Å². The molecule has 2 heterocycles. The molecule has 2 aliphatic rings. The lowest BCUT2D eigenvalue weighted by Crippen LogP contribution is -2.38. The average Bonchev–Trinajstić information content (AvgIpc) is 3.11. The van der Waals surface area contributed by atoms with Gasteiger partial charge in [-0.25, -0.2) is 0 Å². The van der Waals surface area contributed by atoms with Gasteiger partial charge in [-0.1, -0.05) is 23.8 Å². The van der Waals surface area contributed by atoms with E-state index < -0.39 is 17.7 Å². The quantitative estimate of drug-likeness (QED) is 0.368. The smallest absolute Gasteiger partial charge is 0.295 e. The number of phenolic OH excluding ortho intramolecular Hbond substituents is 1.